The molecular formula is C26H32N2O3S. The van der Waals surface area contributed by atoms with Gasteiger partial charge in [0.1, 0.15) is 23.1 Å². The average Bonchev–Trinajstić information content (AvgIpc) is 3.27. The van der Waals surface area contributed by atoms with Crippen molar-refractivity contribution in [3.63, 3.8) is 0 Å². The van der Waals surface area contributed by atoms with Crippen molar-refractivity contribution >= 4 is 17.2 Å². The van der Waals surface area contributed by atoms with Gasteiger partial charge in [-0.3, -0.25) is 4.79 Å². The second-order valence-electron chi connectivity index (χ2n) is 8.14. The molecule has 0 aliphatic heterocycles. The Kier molecular flexibility index (Phi) is 8.28. The summed E-state index contributed by atoms with van der Waals surface area (Å²) in [7, 11) is 1.61. The molecule has 0 bridgehead atoms. The topological polar surface area (TPSA) is 51.7 Å². The highest BCUT2D eigenvalue weighted by atomic mass is 32.1. The van der Waals surface area contributed by atoms with Crippen molar-refractivity contribution in [2.45, 2.75) is 59.2 Å². The summed E-state index contributed by atoms with van der Waals surface area (Å²) >= 11 is 1.56. The number of ether oxygens (including phenoxy) is 2. The van der Waals surface area contributed by atoms with Crippen molar-refractivity contribution in [1.82, 2.24) is 9.88 Å². The van der Waals surface area contributed by atoms with Crippen LogP contribution >= 0.6 is 11.3 Å². The van der Waals surface area contributed by atoms with Crippen LogP contribution in [-0.2, 0) is 13.2 Å². The molecule has 0 N–H and O–H groups in total. The molecule has 0 fully saturated rings. The van der Waals surface area contributed by atoms with Crippen LogP contribution in [0.15, 0.2) is 53.9 Å². The Bertz CT molecular complexity index is 1030. The lowest BCUT2D eigenvalue weighted by Crippen LogP contribution is -2.37. The molecule has 1 unspecified atom stereocenters. The molecule has 3 rings (SSSR count). The minimum Gasteiger partial charge on any atom is -0.497 e. The van der Waals surface area contributed by atoms with E-state index < -0.39 is 0 Å². The minimum atomic E-state index is -0.0186. The van der Waals surface area contributed by atoms with Crippen molar-refractivity contribution < 1.29 is 14.3 Å². The van der Waals surface area contributed by atoms with E-state index in [0.717, 1.165) is 22.9 Å². The second kappa shape index (κ2) is 11.1. The van der Waals surface area contributed by atoms with Crippen LogP contribution < -0.4 is 9.47 Å². The maximum atomic E-state index is 13.3. The number of methoxy groups -OCH3 is 1. The summed E-state index contributed by atoms with van der Waals surface area (Å²) in [4.78, 5) is 19.9. The summed E-state index contributed by atoms with van der Waals surface area (Å²) in [6, 6.07) is 15.5. The maximum absolute atomic E-state index is 13.3. The zero-order valence-corrected chi connectivity index (χ0v) is 20.3. The van der Waals surface area contributed by atoms with Gasteiger partial charge in [-0.05, 0) is 49.1 Å². The normalized spacial score (nSPS) is 11.9. The maximum Gasteiger partial charge on any atom is 0.254 e. The van der Waals surface area contributed by atoms with Crippen molar-refractivity contribution in [2.24, 2.45) is 0 Å². The van der Waals surface area contributed by atoms with Gasteiger partial charge < -0.3 is 14.4 Å². The zero-order valence-electron chi connectivity index (χ0n) is 19.5. The Labute approximate surface area is 195 Å². The van der Waals surface area contributed by atoms with Gasteiger partial charge in [0, 0.05) is 17.0 Å². The molecule has 0 saturated carbocycles. The van der Waals surface area contributed by atoms with Crippen molar-refractivity contribution in [3.8, 4) is 11.5 Å². The van der Waals surface area contributed by atoms with Gasteiger partial charge in [-0.2, -0.15) is 0 Å². The largest absolute Gasteiger partial charge is 0.497 e. The van der Waals surface area contributed by atoms with E-state index in [2.05, 4.69) is 33.8 Å². The molecule has 1 heterocycles. The Hall–Kier alpha value is -2.86. The molecule has 1 aromatic heterocycles. The van der Waals surface area contributed by atoms with E-state index in [1.165, 1.54) is 5.56 Å². The van der Waals surface area contributed by atoms with Crippen molar-refractivity contribution in [2.75, 3.05) is 7.11 Å². The van der Waals surface area contributed by atoms with Gasteiger partial charge in [0.2, 0.25) is 0 Å². The molecule has 6 heteroatoms. The molecule has 32 heavy (non-hydrogen) atoms. The van der Waals surface area contributed by atoms with E-state index >= 15 is 0 Å². The van der Waals surface area contributed by atoms with Gasteiger partial charge in [-0.15, -0.1) is 11.3 Å². The highest BCUT2D eigenvalue weighted by Crippen LogP contribution is 2.27. The summed E-state index contributed by atoms with van der Waals surface area (Å²) in [6.07, 6.45) is 0.863. The van der Waals surface area contributed by atoms with Gasteiger partial charge in [0.15, 0.2) is 0 Å². The fourth-order valence-corrected chi connectivity index (χ4v) is 4.16. The standard InChI is InChI=1S/C26H32N2O3S/c1-6-19(4)28(26(29)20-10-9-11-22(14-20)30-5)15-21-17-32-25(27-21)16-31-24-13-8-7-12-23(24)18(2)3/h7-14,17-19H,6,15-16H2,1-5H3. The van der Waals surface area contributed by atoms with Gasteiger partial charge in [0.05, 0.1) is 19.3 Å². The number of hydrogen-bond acceptors (Lipinski definition) is 5. The number of rotatable bonds is 10. The number of hydrogen-bond donors (Lipinski definition) is 0. The lowest BCUT2D eigenvalue weighted by atomic mass is 10.0. The molecule has 5 nitrogen and oxygen atoms in total. The number of amides is 1. The van der Waals surface area contributed by atoms with E-state index in [1.807, 2.05) is 46.7 Å². The van der Waals surface area contributed by atoms with E-state index in [4.69, 9.17) is 14.5 Å². The average molecular weight is 453 g/mol. The number of aromatic nitrogens is 1. The first-order chi connectivity index (χ1) is 15.4. The van der Waals surface area contributed by atoms with Crippen LogP contribution in [-0.4, -0.2) is 28.9 Å². The van der Waals surface area contributed by atoms with Gasteiger partial charge >= 0.3 is 0 Å². The second-order valence-corrected chi connectivity index (χ2v) is 9.08. The first kappa shape index (κ1) is 23.8. The lowest BCUT2D eigenvalue weighted by Gasteiger charge is -2.28. The summed E-state index contributed by atoms with van der Waals surface area (Å²) in [5, 5.41) is 2.91. The minimum absolute atomic E-state index is 0.0186. The predicted octanol–water partition coefficient (Wildman–Crippen LogP) is 6.30. The highest BCUT2D eigenvalue weighted by molar-refractivity contribution is 7.09. The van der Waals surface area contributed by atoms with E-state index in [9.17, 15) is 4.79 Å². The van der Waals surface area contributed by atoms with Crippen LogP contribution in [0.5, 0.6) is 11.5 Å². The molecule has 0 radical (unpaired) electrons. The number of carbonyl (C=O) groups is 1. The Balaban J connectivity index is 1.71. The summed E-state index contributed by atoms with van der Waals surface area (Å²) in [5.74, 6) is 1.95. The van der Waals surface area contributed by atoms with Crippen molar-refractivity contribution in [3.05, 3.63) is 75.7 Å². The lowest BCUT2D eigenvalue weighted by molar-refractivity contribution is 0.0668. The first-order valence-electron chi connectivity index (χ1n) is 11.0. The third-order valence-corrected chi connectivity index (χ3v) is 6.40. The van der Waals surface area contributed by atoms with Crippen LogP contribution in [0.25, 0.3) is 0 Å². The molecule has 2 aromatic carbocycles. The summed E-state index contributed by atoms with van der Waals surface area (Å²) in [5.41, 5.74) is 2.69. The first-order valence-corrected chi connectivity index (χ1v) is 11.9. The third kappa shape index (κ3) is 5.88. The summed E-state index contributed by atoms with van der Waals surface area (Å²) < 4.78 is 11.4. The Morgan fingerprint density at radius 3 is 2.62 bits per heavy atom. The van der Waals surface area contributed by atoms with Gasteiger partial charge in [-0.1, -0.05) is 45.0 Å². The van der Waals surface area contributed by atoms with Crippen LogP contribution in [0, 0.1) is 0 Å². The quantitative estimate of drug-likeness (QED) is 0.362. The molecule has 0 aliphatic carbocycles. The molecular weight excluding hydrogens is 420 g/mol. The fraction of sp³-hybridized carbons (Fsp3) is 0.385. The highest BCUT2D eigenvalue weighted by Gasteiger charge is 2.22. The Morgan fingerprint density at radius 1 is 1.12 bits per heavy atom. The Morgan fingerprint density at radius 2 is 1.91 bits per heavy atom. The molecule has 1 atom stereocenters. The number of benzene rings is 2. The monoisotopic (exact) mass is 452 g/mol. The number of thiazole rings is 1. The molecule has 0 aliphatic rings. The fourth-order valence-electron chi connectivity index (χ4n) is 3.46. The van der Waals surface area contributed by atoms with Crippen LogP contribution in [0.1, 0.15) is 66.7 Å². The van der Waals surface area contributed by atoms with E-state index in [1.54, 1.807) is 24.5 Å². The number of nitrogens with zero attached hydrogens (tertiary/aromatic N) is 2. The summed E-state index contributed by atoms with van der Waals surface area (Å²) in [6.45, 7) is 9.35. The van der Waals surface area contributed by atoms with Crippen LogP contribution in [0.2, 0.25) is 0 Å². The molecule has 170 valence electrons. The van der Waals surface area contributed by atoms with Crippen molar-refractivity contribution in [1.29, 1.82) is 0 Å². The van der Waals surface area contributed by atoms with Crippen LogP contribution in [0.3, 0.4) is 0 Å². The molecule has 3 aromatic rings. The molecule has 0 saturated heterocycles. The van der Waals surface area contributed by atoms with Gasteiger partial charge in [-0.25, -0.2) is 4.98 Å². The van der Waals surface area contributed by atoms with E-state index in [-0.39, 0.29) is 11.9 Å². The third-order valence-electron chi connectivity index (χ3n) is 5.52. The van der Waals surface area contributed by atoms with Gasteiger partial charge in [0.25, 0.3) is 5.91 Å². The van der Waals surface area contributed by atoms with Crippen LogP contribution in [0.4, 0.5) is 0 Å². The number of carbonyl (C=O) groups excluding carboxylic acids is 1. The van der Waals surface area contributed by atoms with E-state index in [0.29, 0.717) is 30.4 Å². The smallest absolute Gasteiger partial charge is 0.254 e. The molecule has 1 amide bonds. The number of para-hydroxylation sites is 1. The zero-order chi connectivity index (χ0) is 23.1. The SMILES string of the molecule is CCC(C)N(Cc1csc(COc2ccccc2C(C)C)n1)C(=O)c1cccc(OC)c1. The predicted molar refractivity (Wildman–Crippen MR) is 130 cm³/mol. The molecule has 0 spiro atoms.